The first-order valence-electron chi connectivity index (χ1n) is 7.79. The molecule has 0 radical (unpaired) electrons. The molecule has 0 rings (SSSR count). The van der Waals surface area contributed by atoms with Crippen molar-refractivity contribution < 1.29 is 14.3 Å². The molecule has 0 aliphatic rings. The average molecular weight is 299 g/mol. The molecule has 1 unspecified atom stereocenters. The largest absolute Gasteiger partial charge is 0.453 e. The summed E-state index contributed by atoms with van der Waals surface area (Å²) in [5.41, 5.74) is 0. The monoisotopic (exact) mass is 299 g/mol. The molecule has 0 heterocycles. The Morgan fingerprint density at radius 1 is 1.24 bits per heavy atom. The van der Waals surface area contributed by atoms with Crippen molar-refractivity contribution in [1.29, 1.82) is 0 Å². The fourth-order valence-corrected chi connectivity index (χ4v) is 1.58. The second-order valence-electron chi connectivity index (χ2n) is 4.06. The Morgan fingerprint density at radius 2 is 1.76 bits per heavy atom. The van der Waals surface area contributed by atoms with Crippen molar-refractivity contribution in [1.82, 2.24) is 4.90 Å². The molecule has 0 spiro atoms. The molecule has 0 aromatic heterocycles. The minimum absolute atomic E-state index is 0.152. The van der Waals surface area contributed by atoms with Gasteiger partial charge in [-0.1, -0.05) is 34.6 Å². The fourth-order valence-electron chi connectivity index (χ4n) is 1.58. The van der Waals surface area contributed by atoms with Gasteiger partial charge in [0.05, 0.1) is 7.11 Å². The Kier molecular flexibility index (Phi) is 21.6. The molecule has 0 bridgehead atoms. The summed E-state index contributed by atoms with van der Waals surface area (Å²) in [6.45, 7) is 10.4. The summed E-state index contributed by atoms with van der Waals surface area (Å²) in [4.78, 5) is 24.0. The summed E-state index contributed by atoms with van der Waals surface area (Å²) >= 11 is 0. The number of terminal acetylenes is 1. The van der Waals surface area contributed by atoms with Gasteiger partial charge in [-0.25, -0.2) is 4.79 Å². The number of hydrogen-bond donors (Lipinski definition) is 0. The van der Waals surface area contributed by atoms with E-state index in [1.54, 1.807) is 7.05 Å². The van der Waals surface area contributed by atoms with E-state index in [1.807, 2.05) is 34.6 Å². The highest BCUT2D eigenvalue weighted by Crippen LogP contribution is 2.13. The Bertz CT molecular complexity index is 295. The normalized spacial score (nSPS) is 9.81. The molecule has 0 aromatic carbocycles. The van der Waals surface area contributed by atoms with Crippen molar-refractivity contribution in [3.63, 3.8) is 0 Å². The summed E-state index contributed by atoms with van der Waals surface area (Å²) in [6.07, 6.45) is 7.27. The van der Waals surface area contributed by atoms with Crippen molar-refractivity contribution >= 4 is 11.9 Å². The average Bonchev–Trinajstić information content (AvgIpc) is 2.55. The first-order valence-corrected chi connectivity index (χ1v) is 7.79. The van der Waals surface area contributed by atoms with Crippen LogP contribution < -0.4 is 0 Å². The summed E-state index contributed by atoms with van der Waals surface area (Å²) in [5.74, 6) is 2.96. The standard InChI is InChI=1S/C13H21NO3.2C2H6/c1-5-7-11(8-9-12(15)6-2)10-14(3)13(16)17-4;2*1-2/h1,11H,6-10H2,2-4H3;2*1-2H3. The van der Waals surface area contributed by atoms with Gasteiger partial charge < -0.3 is 9.64 Å². The maximum absolute atomic E-state index is 11.2. The van der Waals surface area contributed by atoms with Crippen LogP contribution in [-0.2, 0) is 9.53 Å². The number of ether oxygens (including phenoxy) is 1. The van der Waals surface area contributed by atoms with E-state index < -0.39 is 0 Å². The summed E-state index contributed by atoms with van der Waals surface area (Å²) in [5, 5.41) is 0. The molecule has 0 aliphatic carbocycles. The second kappa shape index (κ2) is 18.5. The topological polar surface area (TPSA) is 46.6 Å². The third-order valence-electron chi connectivity index (χ3n) is 2.65. The van der Waals surface area contributed by atoms with Crippen LogP contribution in [0.15, 0.2) is 0 Å². The predicted molar refractivity (Wildman–Crippen MR) is 89.2 cm³/mol. The predicted octanol–water partition coefficient (Wildman–Crippen LogP) is 4.14. The van der Waals surface area contributed by atoms with Gasteiger partial charge in [0.15, 0.2) is 0 Å². The van der Waals surface area contributed by atoms with Gasteiger partial charge in [-0.3, -0.25) is 4.79 Å². The van der Waals surface area contributed by atoms with E-state index in [0.29, 0.717) is 25.8 Å². The first-order chi connectivity index (χ1) is 10.0. The number of hydrogen-bond acceptors (Lipinski definition) is 3. The van der Waals surface area contributed by atoms with Crippen LogP contribution in [0.1, 0.15) is 60.3 Å². The number of carbonyl (C=O) groups is 2. The minimum atomic E-state index is -0.381. The van der Waals surface area contributed by atoms with Crippen molar-refractivity contribution in [2.45, 2.75) is 60.3 Å². The van der Waals surface area contributed by atoms with Crippen molar-refractivity contribution in [2.24, 2.45) is 5.92 Å². The highest BCUT2D eigenvalue weighted by atomic mass is 16.5. The molecule has 0 saturated heterocycles. The zero-order valence-electron chi connectivity index (χ0n) is 14.9. The smallest absolute Gasteiger partial charge is 0.409 e. The Morgan fingerprint density at radius 3 is 2.14 bits per heavy atom. The van der Waals surface area contributed by atoms with E-state index >= 15 is 0 Å². The number of ketones is 1. The van der Waals surface area contributed by atoms with Gasteiger partial charge in [-0.2, -0.15) is 0 Å². The summed E-state index contributed by atoms with van der Waals surface area (Å²) in [6, 6.07) is 0. The third kappa shape index (κ3) is 14.7. The Labute approximate surface area is 131 Å². The molecule has 4 heteroatoms. The van der Waals surface area contributed by atoms with E-state index in [1.165, 1.54) is 12.0 Å². The van der Waals surface area contributed by atoms with Crippen molar-refractivity contribution in [3.05, 3.63) is 0 Å². The van der Waals surface area contributed by atoms with Gasteiger partial charge in [0.2, 0.25) is 0 Å². The molecule has 124 valence electrons. The molecule has 0 aromatic rings. The third-order valence-corrected chi connectivity index (χ3v) is 2.65. The Hall–Kier alpha value is -1.50. The molecule has 4 nitrogen and oxygen atoms in total. The van der Waals surface area contributed by atoms with Gasteiger partial charge in [0.25, 0.3) is 0 Å². The fraction of sp³-hybridized carbons (Fsp3) is 0.765. The summed E-state index contributed by atoms with van der Waals surface area (Å²) < 4.78 is 4.61. The lowest BCUT2D eigenvalue weighted by atomic mass is 9.97. The van der Waals surface area contributed by atoms with Crippen LogP contribution in [0.25, 0.3) is 0 Å². The quantitative estimate of drug-likeness (QED) is 0.664. The van der Waals surface area contributed by atoms with Crippen LogP contribution >= 0.6 is 0 Å². The molecule has 1 atom stereocenters. The van der Waals surface area contributed by atoms with Gasteiger partial charge in [-0.05, 0) is 12.3 Å². The minimum Gasteiger partial charge on any atom is -0.453 e. The van der Waals surface area contributed by atoms with Crippen molar-refractivity contribution in [3.8, 4) is 12.3 Å². The molecule has 0 N–H and O–H groups in total. The van der Waals surface area contributed by atoms with E-state index in [2.05, 4.69) is 10.7 Å². The zero-order valence-corrected chi connectivity index (χ0v) is 14.9. The van der Waals surface area contributed by atoms with Crippen LogP contribution in [0.4, 0.5) is 4.79 Å². The zero-order chi connectivity index (χ0) is 17.3. The van der Waals surface area contributed by atoms with E-state index in [9.17, 15) is 9.59 Å². The molecule has 0 saturated carbocycles. The lowest BCUT2D eigenvalue weighted by molar-refractivity contribution is -0.119. The molecule has 1 amide bonds. The lowest BCUT2D eigenvalue weighted by Crippen LogP contribution is -2.31. The highest BCUT2D eigenvalue weighted by Gasteiger charge is 2.16. The lowest BCUT2D eigenvalue weighted by Gasteiger charge is -2.21. The van der Waals surface area contributed by atoms with Crippen LogP contribution in [0.3, 0.4) is 0 Å². The molecular formula is C17H33NO3. The maximum Gasteiger partial charge on any atom is 0.409 e. The SMILES string of the molecule is C#CCC(CCC(=O)CC)CN(C)C(=O)OC.CC.CC. The van der Waals surface area contributed by atoms with Crippen molar-refractivity contribution in [2.75, 3.05) is 20.7 Å². The van der Waals surface area contributed by atoms with Gasteiger partial charge >= 0.3 is 6.09 Å². The van der Waals surface area contributed by atoms with Gasteiger partial charge in [0.1, 0.15) is 5.78 Å². The molecular weight excluding hydrogens is 266 g/mol. The molecule has 21 heavy (non-hydrogen) atoms. The van der Waals surface area contributed by atoms with E-state index in [4.69, 9.17) is 6.42 Å². The molecule has 0 aliphatic heterocycles. The first kappa shape index (κ1) is 24.5. The number of nitrogens with zero attached hydrogens (tertiary/aromatic N) is 1. The number of carbonyl (C=O) groups excluding carboxylic acids is 2. The number of Topliss-reactive ketones (excluding diaryl/α,β-unsaturated/α-hetero) is 1. The Balaban J connectivity index is -0.000000739. The number of amides is 1. The van der Waals surface area contributed by atoms with Gasteiger partial charge in [0, 0.05) is 32.9 Å². The van der Waals surface area contributed by atoms with Crippen LogP contribution in [0.2, 0.25) is 0 Å². The van der Waals surface area contributed by atoms with Crippen LogP contribution in [0.5, 0.6) is 0 Å². The summed E-state index contributed by atoms with van der Waals surface area (Å²) in [7, 11) is 3.01. The number of methoxy groups -OCH3 is 1. The van der Waals surface area contributed by atoms with E-state index in [0.717, 1.165) is 6.42 Å². The second-order valence-corrected chi connectivity index (χ2v) is 4.06. The number of rotatable bonds is 7. The highest BCUT2D eigenvalue weighted by molar-refractivity contribution is 5.77. The van der Waals surface area contributed by atoms with E-state index in [-0.39, 0.29) is 17.8 Å². The van der Waals surface area contributed by atoms with Gasteiger partial charge in [-0.15, -0.1) is 12.3 Å². The maximum atomic E-state index is 11.2. The van der Waals surface area contributed by atoms with Crippen LogP contribution in [0, 0.1) is 18.3 Å². The molecule has 0 fully saturated rings. The van der Waals surface area contributed by atoms with Crippen LogP contribution in [-0.4, -0.2) is 37.5 Å².